The number of ketones is 1. The van der Waals surface area contributed by atoms with Crippen molar-refractivity contribution in [2.24, 2.45) is 0 Å². The number of carboxylic acid groups (broad SMARTS) is 1. The minimum Gasteiger partial charge on any atom is -0.508 e. The molecule has 12 nitrogen and oxygen atoms in total. The molecule has 0 aliphatic carbocycles. The Morgan fingerprint density at radius 3 is 1.37 bits per heavy atom. The second-order valence-electron chi connectivity index (χ2n) is 10.6. The highest BCUT2D eigenvalue weighted by molar-refractivity contribution is 6.33. The van der Waals surface area contributed by atoms with E-state index in [-0.39, 0.29) is 52.7 Å². The van der Waals surface area contributed by atoms with E-state index in [1.165, 1.54) is 45.6 Å². The molecule has 0 radical (unpaired) electrons. The van der Waals surface area contributed by atoms with Gasteiger partial charge in [0.05, 0.1) is 40.4 Å². The van der Waals surface area contributed by atoms with Crippen LogP contribution in [-0.2, 0) is 22.4 Å². The minimum absolute atomic E-state index is 0.0135. The SMILES string of the molecule is CCOCC.COc1ccc(CC(=O)O)cc1OC.COc1ccc(CC(=O)c2ccc(O)c(C)c2O)cc1OC.Cc1c(O)cccc1O.FB(F)F. The number of aliphatic carboxylic acids is 1. The number of Topliss-reactive ketones (excluding diaryl/α,β-unsaturated/α-hetero) is 1. The number of methoxy groups -OCH3 is 4. The van der Waals surface area contributed by atoms with Crippen molar-refractivity contribution in [2.45, 2.75) is 40.5 Å². The first-order chi connectivity index (χ1) is 25.5. The van der Waals surface area contributed by atoms with Crippen LogP contribution in [0.5, 0.6) is 46.0 Å². The van der Waals surface area contributed by atoms with Gasteiger partial charge in [0.2, 0.25) is 0 Å². The monoisotopic (exact) mass is 764 g/mol. The molecule has 0 amide bonds. The van der Waals surface area contributed by atoms with Gasteiger partial charge in [-0.25, -0.2) is 0 Å². The lowest BCUT2D eigenvalue weighted by Gasteiger charge is -2.10. The number of ether oxygens (including phenoxy) is 5. The van der Waals surface area contributed by atoms with Gasteiger partial charge in [0.25, 0.3) is 0 Å². The second kappa shape index (κ2) is 26.1. The van der Waals surface area contributed by atoms with Crippen molar-refractivity contribution in [3.05, 3.63) is 94.5 Å². The molecule has 0 aromatic heterocycles. The summed E-state index contributed by atoms with van der Waals surface area (Å²) in [5.41, 5.74) is 2.43. The zero-order valence-electron chi connectivity index (χ0n) is 31.5. The van der Waals surface area contributed by atoms with Gasteiger partial charge in [-0.1, -0.05) is 18.2 Å². The van der Waals surface area contributed by atoms with Crippen LogP contribution in [0.3, 0.4) is 0 Å². The summed E-state index contributed by atoms with van der Waals surface area (Å²) in [6, 6.07) is 17.8. The molecule has 0 saturated carbocycles. The molecule has 54 heavy (non-hydrogen) atoms. The molecule has 4 aromatic carbocycles. The molecule has 0 aliphatic rings. The van der Waals surface area contributed by atoms with Crippen molar-refractivity contribution in [2.75, 3.05) is 41.7 Å². The average Bonchev–Trinajstić information content (AvgIpc) is 3.13. The first kappa shape index (κ1) is 48.2. The number of benzene rings is 4. The van der Waals surface area contributed by atoms with Gasteiger partial charge in [0.1, 0.15) is 23.0 Å². The third-order valence-electron chi connectivity index (χ3n) is 7.00. The summed E-state index contributed by atoms with van der Waals surface area (Å²) in [6.07, 6.45) is 0.0957. The molecular formula is C38H48BF3O12. The molecular weight excluding hydrogens is 716 g/mol. The predicted octanol–water partition coefficient (Wildman–Crippen LogP) is 7.51. The Morgan fingerprint density at radius 2 is 1.02 bits per heavy atom. The first-order valence-corrected chi connectivity index (χ1v) is 16.2. The number of hydrogen-bond donors (Lipinski definition) is 5. The van der Waals surface area contributed by atoms with Crippen molar-refractivity contribution in [1.82, 2.24) is 0 Å². The number of phenols is 4. The van der Waals surface area contributed by atoms with E-state index in [1.54, 1.807) is 63.4 Å². The average molecular weight is 765 g/mol. The predicted molar refractivity (Wildman–Crippen MR) is 199 cm³/mol. The molecule has 5 N–H and O–H groups in total. The zero-order chi connectivity index (χ0) is 41.4. The number of halogens is 3. The van der Waals surface area contributed by atoms with E-state index in [0.29, 0.717) is 34.1 Å². The van der Waals surface area contributed by atoms with Gasteiger partial charge in [-0.15, -0.1) is 0 Å². The third-order valence-corrected chi connectivity index (χ3v) is 7.00. The van der Waals surface area contributed by atoms with E-state index in [2.05, 4.69) is 0 Å². The molecule has 0 fully saturated rings. The fraction of sp³-hybridized carbons (Fsp3) is 0.316. The van der Waals surface area contributed by atoms with Crippen LogP contribution < -0.4 is 18.9 Å². The highest BCUT2D eigenvalue weighted by atomic mass is 19.4. The van der Waals surface area contributed by atoms with Gasteiger partial charge in [-0.2, -0.15) is 0 Å². The standard InChI is InChI=1S/C17H18O5.C10H12O4.C7H8O2.C4H10O.BF3/c1-10-13(18)6-5-12(17(10)20)14(19)8-11-4-7-15(21-2)16(9-11)22-3;1-13-8-4-3-7(6-10(11)12)5-9(8)14-2;1-5-6(8)3-2-4-7(5)9;1-3-5-4-2;2-1(3)4/h4-7,9,18,20H,8H2,1-3H3;3-5H,6H2,1-2H3,(H,11,12);2-4,8-9H,1H3;3-4H2,1-2H3;. The number of phenolic OH excluding ortho intramolecular Hbond substituents is 4. The molecule has 0 unspecified atom stereocenters. The van der Waals surface area contributed by atoms with E-state index in [9.17, 15) is 32.7 Å². The highest BCUT2D eigenvalue weighted by Crippen LogP contribution is 2.32. The molecule has 0 atom stereocenters. The number of carboxylic acids is 1. The molecule has 0 saturated heterocycles. The number of hydrogen-bond acceptors (Lipinski definition) is 11. The van der Waals surface area contributed by atoms with E-state index in [0.717, 1.165) is 18.8 Å². The molecule has 0 spiro atoms. The van der Waals surface area contributed by atoms with Crippen LogP contribution in [0.2, 0.25) is 0 Å². The Bertz CT molecular complexity index is 1710. The summed E-state index contributed by atoms with van der Waals surface area (Å²) < 4.78 is 54.3. The summed E-state index contributed by atoms with van der Waals surface area (Å²) in [6.45, 7) is 8.88. The van der Waals surface area contributed by atoms with Gasteiger partial charge < -0.3 is 49.2 Å². The first-order valence-electron chi connectivity index (χ1n) is 16.2. The summed E-state index contributed by atoms with van der Waals surface area (Å²) in [7, 11) is 2.45. The molecule has 4 rings (SSSR count). The summed E-state index contributed by atoms with van der Waals surface area (Å²) in [5.74, 6) is 1.20. The van der Waals surface area contributed by atoms with E-state index in [4.69, 9.17) is 39.0 Å². The van der Waals surface area contributed by atoms with Crippen molar-refractivity contribution in [1.29, 1.82) is 0 Å². The van der Waals surface area contributed by atoms with Gasteiger partial charge in [0, 0.05) is 30.8 Å². The van der Waals surface area contributed by atoms with Crippen LogP contribution in [0.25, 0.3) is 0 Å². The van der Waals surface area contributed by atoms with Crippen LogP contribution in [0.1, 0.15) is 46.5 Å². The molecule has 16 heteroatoms. The maximum atomic E-state index is 12.3. The van der Waals surface area contributed by atoms with Crippen LogP contribution in [-0.4, -0.2) is 86.5 Å². The summed E-state index contributed by atoms with van der Waals surface area (Å²) in [4.78, 5) is 22.8. The van der Waals surface area contributed by atoms with Crippen LogP contribution >= 0.6 is 0 Å². The maximum Gasteiger partial charge on any atom is 0.762 e. The molecule has 4 aromatic rings. The lowest BCUT2D eigenvalue weighted by atomic mass is 9.99. The fourth-order valence-corrected chi connectivity index (χ4v) is 4.17. The van der Waals surface area contributed by atoms with Gasteiger partial charge >= 0.3 is 13.5 Å². The number of carbonyl (C=O) groups excluding carboxylic acids is 1. The third kappa shape index (κ3) is 17.6. The van der Waals surface area contributed by atoms with Crippen molar-refractivity contribution in [3.8, 4) is 46.0 Å². The van der Waals surface area contributed by atoms with E-state index < -0.39 is 13.5 Å². The number of carbonyl (C=O) groups is 2. The lowest BCUT2D eigenvalue weighted by Crippen LogP contribution is -2.05. The topological polar surface area (TPSA) is 181 Å². The number of aromatic hydroxyl groups is 4. The Morgan fingerprint density at radius 1 is 0.611 bits per heavy atom. The van der Waals surface area contributed by atoms with Gasteiger partial charge in [-0.3, -0.25) is 22.5 Å². The van der Waals surface area contributed by atoms with Crippen LogP contribution in [0, 0.1) is 13.8 Å². The maximum absolute atomic E-state index is 12.3. The normalized spacial score (nSPS) is 9.54. The molecule has 0 bridgehead atoms. The Labute approximate surface area is 313 Å². The van der Waals surface area contributed by atoms with E-state index >= 15 is 0 Å². The Kier molecular flexibility index (Phi) is 23.3. The summed E-state index contributed by atoms with van der Waals surface area (Å²) >= 11 is 0. The lowest BCUT2D eigenvalue weighted by molar-refractivity contribution is -0.136. The largest absolute Gasteiger partial charge is 0.762 e. The van der Waals surface area contributed by atoms with Crippen LogP contribution in [0.15, 0.2) is 66.7 Å². The zero-order valence-corrected chi connectivity index (χ0v) is 31.5. The van der Waals surface area contributed by atoms with Crippen molar-refractivity contribution >= 4 is 19.3 Å². The smallest absolute Gasteiger partial charge is 0.508 e. The quantitative estimate of drug-likeness (QED) is 0.0750. The molecule has 0 aliphatic heterocycles. The van der Waals surface area contributed by atoms with Crippen LogP contribution in [0.4, 0.5) is 12.9 Å². The van der Waals surface area contributed by atoms with Crippen molar-refractivity contribution in [3.63, 3.8) is 0 Å². The Hall–Kier alpha value is -5.77. The van der Waals surface area contributed by atoms with E-state index in [1.807, 2.05) is 13.8 Å². The highest BCUT2D eigenvalue weighted by Gasteiger charge is 2.16. The van der Waals surface area contributed by atoms with Crippen molar-refractivity contribution < 1.29 is 71.8 Å². The van der Waals surface area contributed by atoms with Gasteiger partial charge in [0.15, 0.2) is 28.8 Å². The second-order valence-corrected chi connectivity index (χ2v) is 10.6. The van der Waals surface area contributed by atoms with Gasteiger partial charge in [-0.05, 0) is 87.4 Å². The number of rotatable bonds is 11. The minimum atomic E-state index is -3.67. The molecule has 296 valence electrons. The fourth-order valence-electron chi connectivity index (χ4n) is 4.17. The Balaban J connectivity index is 0.000000748. The summed E-state index contributed by atoms with van der Waals surface area (Å²) in [5, 5.41) is 46.0. The molecule has 0 heterocycles.